The molecule has 0 heterocycles. The van der Waals surface area contributed by atoms with Crippen LogP contribution in [0.3, 0.4) is 0 Å². The molecule has 0 aromatic carbocycles. The van der Waals surface area contributed by atoms with Crippen molar-refractivity contribution in [2.24, 2.45) is 0 Å². The molecule has 0 rings (SSSR count). The number of hydrogen-bond acceptors (Lipinski definition) is 7. The third kappa shape index (κ3) is 24.5. The largest absolute Gasteiger partial charge is 0.448 e. The molecule has 0 unspecified atom stereocenters. The van der Waals surface area contributed by atoms with E-state index in [0.29, 0.717) is 39.0 Å². The number of carbonyl (C=O) groups is 4. The Kier molecular flexibility index (Phi) is 21.2. The Hall–Kier alpha value is -2.16. The van der Waals surface area contributed by atoms with Crippen LogP contribution < -0.4 is 10.6 Å². The van der Waals surface area contributed by atoms with Crippen LogP contribution in [0, 0.1) is 0 Å². The van der Waals surface area contributed by atoms with Crippen molar-refractivity contribution in [3.05, 3.63) is 0 Å². The fourth-order valence-electron chi connectivity index (χ4n) is 3.24. The van der Waals surface area contributed by atoms with Crippen LogP contribution in [0.2, 0.25) is 0 Å². The molecule has 2 amide bonds. The summed E-state index contributed by atoms with van der Waals surface area (Å²) in [5, 5.41) is 5.48. The smallest absolute Gasteiger partial charge is 0.407 e. The lowest BCUT2D eigenvalue weighted by Crippen LogP contribution is -2.33. The summed E-state index contributed by atoms with van der Waals surface area (Å²) in [4.78, 5) is 47.0. The van der Waals surface area contributed by atoms with Crippen LogP contribution in [0.25, 0.3) is 0 Å². The third-order valence-corrected chi connectivity index (χ3v) is 5.36. The monoisotopic (exact) mass is 485 g/mol. The van der Waals surface area contributed by atoms with Gasteiger partial charge in [-0.2, -0.15) is 0 Å². The molecular formula is C25H47N3O6. The number of ketones is 2. The normalized spacial score (nSPS) is 10.7. The van der Waals surface area contributed by atoms with E-state index >= 15 is 0 Å². The van der Waals surface area contributed by atoms with Gasteiger partial charge in [0.2, 0.25) is 0 Å². The van der Waals surface area contributed by atoms with Crippen molar-refractivity contribution in [1.29, 1.82) is 0 Å². The number of nitrogens with zero attached hydrogens (tertiary/aromatic N) is 1. The number of Topliss-reactive ketones (excluding diaryl/α,β-unsaturated/α-hetero) is 2. The van der Waals surface area contributed by atoms with Crippen LogP contribution in [0.5, 0.6) is 0 Å². The molecule has 0 aromatic heterocycles. The van der Waals surface area contributed by atoms with E-state index in [9.17, 15) is 19.2 Å². The summed E-state index contributed by atoms with van der Waals surface area (Å²) in [6.45, 7) is 6.06. The lowest BCUT2D eigenvalue weighted by molar-refractivity contribution is -0.117. The van der Waals surface area contributed by atoms with Crippen molar-refractivity contribution in [3.63, 3.8) is 0 Å². The molecule has 0 aliphatic heterocycles. The highest BCUT2D eigenvalue weighted by Crippen LogP contribution is 2.06. The minimum Gasteiger partial charge on any atom is -0.448 e. The number of ether oxygens (including phenoxy) is 2. The molecule has 0 aliphatic carbocycles. The summed E-state index contributed by atoms with van der Waals surface area (Å²) < 4.78 is 10.3. The Balaban J connectivity index is 3.46. The summed E-state index contributed by atoms with van der Waals surface area (Å²) in [7, 11) is 1.88. The molecule has 0 saturated carbocycles. The molecule has 0 saturated heterocycles. The Bertz CT molecular complexity index is 523. The number of unbranched alkanes of at least 4 members (excludes halogenated alkanes) is 8. The predicted octanol–water partition coefficient (Wildman–Crippen LogP) is 4.23. The van der Waals surface area contributed by atoms with Gasteiger partial charge in [0.15, 0.2) is 0 Å². The van der Waals surface area contributed by atoms with Crippen molar-refractivity contribution < 1.29 is 28.7 Å². The quantitative estimate of drug-likeness (QED) is 0.221. The number of nitrogens with one attached hydrogen (secondary N) is 2. The van der Waals surface area contributed by atoms with Crippen LogP contribution in [-0.4, -0.2) is 75.1 Å². The average molecular weight is 486 g/mol. The van der Waals surface area contributed by atoms with Crippen molar-refractivity contribution >= 4 is 23.8 Å². The van der Waals surface area contributed by atoms with Crippen molar-refractivity contribution in [2.75, 3.05) is 46.4 Å². The number of hydrogen-bond donors (Lipinski definition) is 2. The maximum atomic E-state index is 11.7. The second kappa shape index (κ2) is 22.6. The standard InChI is InChI=1S/C25H47N3O6/c1-22(29)14-10-6-4-8-12-16-26-24(31)33-20-18-28(3)19-21-34-25(32)27-17-13-9-5-7-11-15-23(2)30/h4-21H2,1-3H3,(H,26,31)(H,27,32). The Morgan fingerprint density at radius 2 is 0.941 bits per heavy atom. The minimum absolute atomic E-state index is 0.240. The van der Waals surface area contributed by atoms with Crippen LogP contribution in [-0.2, 0) is 19.1 Å². The van der Waals surface area contributed by atoms with E-state index in [0.717, 1.165) is 64.2 Å². The molecule has 9 heteroatoms. The molecule has 0 aromatic rings. The summed E-state index contributed by atoms with van der Waals surface area (Å²) in [6, 6.07) is 0. The maximum absolute atomic E-state index is 11.7. The summed E-state index contributed by atoms with van der Waals surface area (Å²) in [5.41, 5.74) is 0. The van der Waals surface area contributed by atoms with E-state index in [2.05, 4.69) is 10.6 Å². The van der Waals surface area contributed by atoms with Gasteiger partial charge in [-0.25, -0.2) is 9.59 Å². The van der Waals surface area contributed by atoms with Crippen LogP contribution in [0.4, 0.5) is 9.59 Å². The Morgan fingerprint density at radius 3 is 1.32 bits per heavy atom. The first-order valence-electron chi connectivity index (χ1n) is 12.8. The highest BCUT2D eigenvalue weighted by Gasteiger charge is 2.06. The summed E-state index contributed by atoms with van der Waals surface area (Å²) in [5.74, 6) is 0.481. The number of likely N-dealkylation sites (N-methyl/N-ethyl adjacent to an activating group) is 1. The summed E-state index contributed by atoms with van der Waals surface area (Å²) >= 11 is 0. The van der Waals surface area contributed by atoms with E-state index in [1.807, 2.05) is 11.9 Å². The van der Waals surface area contributed by atoms with Gasteiger partial charge in [0, 0.05) is 39.0 Å². The van der Waals surface area contributed by atoms with Crippen LogP contribution in [0.15, 0.2) is 0 Å². The van der Waals surface area contributed by atoms with Gasteiger partial charge in [0.25, 0.3) is 0 Å². The second-order valence-corrected chi connectivity index (χ2v) is 8.87. The highest BCUT2D eigenvalue weighted by atomic mass is 16.6. The highest BCUT2D eigenvalue weighted by molar-refractivity contribution is 5.75. The van der Waals surface area contributed by atoms with Gasteiger partial charge in [-0.05, 0) is 46.6 Å². The fraction of sp³-hybridized carbons (Fsp3) is 0.840. The molecule has 0 atom stereocenters. The van der Waals surface area contributed by atoms with Gasteiger partial charge in [-0.3, -0.25) is 4.90 Å². The summed E-state index contributed by atoms with van der Waals surface area (Å²) in [6.07, 6.45) is 10.4. The zero-order valence-electron chi connectivity index (χ0n) is 21.6. The van der Waals surface area contributed by atoms with E-state index in [1.54, 1.807) is 13.8 Å². The Labute approximate surface area is 205 Å². The van der Waals surface area contributed by atoms with E-state index in [4.69, 9.17) is 9.47 Å². The molecule has 34 heavy (non-hydrogen) atoms. The van der Waals surface area contributed by atoms with E-state index in [1.165, 1.54) is 0 Å². The van der Waals surface area contributed by atoms with Gasteiger partial charge < -0.3 is 29.7 Å². The van der Waals surface area contributed by atoms with Crippen molar-refractivity contribution in [2.45, 2.75) is 90.9 Å². The zero-order valence-corrected chi connectivity index (χ0v) is 21.6. The molecule has 9 nitrogen and oxygen atoms in total. The SMILES string of the molecule is CC(=O)CCCCCCCNC(=O)OCCN(C)CCOC(=O)NCCCCCCCC(C)=O. The number of amides is 2. The average Bonchev–Trinajstić information content (AvgIpc) is 2.77. The first-order chi connectivity index (χ1) is 16.3. The third-order valence-electron chi connectivity index (χ3n) is 5.36. The lowest BCUT2D eigenvalue weighted by atomic mass is 10.1. The molecular weight excluding hydrogens is 438 g/mol. The van der Waals surface area contributed by atoms with Crippen molar-refractivity contribution in [3.8, 4) is 0 Å². The predicted molar refractivity (Wildman–Crippen MR) is 133 cm³/mol. The van der Waals surface area contributed by atoms with Crippen molar-refractivity contribution in [1.82, 2.24) is 15.5 Å². The van der Waals surface area contributed by atoms with Crippen LogP contribution in [0.1, 0.15) is 90.9 Å². The van der Waals surface area contributed by atoms with Gasteiger partial charge >= 0.3 is 12.2 Å². The lowest BCUT2D eigenvalue weighted by Gasteiger charge is -2.16. The van der Waals surface area contributed by atoms with E-state index < -0.39 is 12.2 Å². The first-order valence-corrected chi connectivity index (χ1v) is 12.8. The molecule has 0 bridgehead atoms. The fourth-order valence-corrected chi connectivity index (χ4v) is 3.24. The molecule has 198 valence electrons. The minimum atomic E-state index is -0.417. The second-order valence-electron chi connectivity index (χ2n) is 8.87. The number of rotatable bonds is 22. The topological polar surface area (TPSA) is 114 Å². The molecule has 0 spiro atoms. The molecule has 0 radical (unpaired) electrons. The van der Waals surface area contributed by atoms with Gasteiger partial charge in [0.05, 0.1) is 0 Å². The number of alkyl carbamates (subject to hydrolysis) is 2. The molecule has 0 aliphatic rings. The molecule has 2 N–H and O–H groups in total. The number of carbonyl (C=O) groups excluding carboxylic acids is 4. The first kappa shape index (κ1) is 31.8. The molecule has 0 fully saturated rings. The van der Waals surface area contributed by atoms with Crippen LogP contribution >= 0.6 is 0 Å². The van der Waals surface area contributed by atoms with Gasteiger partial charge in [-0.1, -0.05) is 38.5 Å². The van der Waals surface area contributed by atoms with Gasteiger partial charge in [0.1, 0.15) is 24.8 Å². The van der Waals surface area contributed by atoms with E-state index in [-0.39, 0.29) is 24.8 Å². The van der Waals surface area contributed by atoms with Gasteiger partial charge in [-0.15, -0.1) is 0 Å². The maximum Gasteiger partial charge on any atom is 0.407 e. The zero-order chi connectivity index (χ0) is 25.4. The Morgan fingerprint density at radius 1 is 0.588 bits per heavy atom.